The van der Waals surface area contributed by atoms with Gasteiger partial charge in [0, 0.05) is 25.0 Å². The number of piperidine rings is 1. The zero-order valence-corrected chi connectivity index (χ0v) is 15.1. The summed E-state index contributed by atoms with van der Waals surface area (Å²) in [6, 6.07) is 4.83. The van der Waals surface area contributed by atoms with Crippen LogP contribution in [0.3, 0.4) is 0 Å². The molecule has 2 unspecified atom stereocenters. The van der Waals surface area contributed by atoms with Gasteiger partial charge in [0.05, 0.1) is 4.90 Å². The molecule has 0 aromatic heterocycles. The molecular weight excluding hydrogens is 357 g/mol. The maximum atomic E-state index is 12.8. The van der Waals surface area contributed by atoms with Gasteiger partial charge in [0.15, 0.2) is 0 Å². The Morgan fingerprint density at radius 3 is 2.62 bits per heavy atom. The number of hydrogen-bond acceptors (Lipinski definition) is 4. The van der Waals surface area contributed by atoms with Crippen molar-refractivity contribution < 1.29 is 17.6 Å². The summed E-state index contributed by atoms with van der Waals surface area (Å²) in [6.45, 7) is 2.96. The number of carbonyl (C=O) groups excluding carboxylic acids is 1. The van der Waals surface area contributed by atoms with Crippen LogP contribution in [-0.2, 0) is 14.8 Å². The van der Waals surface area contributed by atoms with Crippen molar-refractivity contribution in [3.63, 3.8) is 0 Å². The molecule has 1 aromatic rings. The van der Waals surface area contributed by atoms with E-state index in [4.69, 9.17) is 0 Å². The van der Waals surface area contributed by atoms with Crippen molar-refractivity contribution in [1.82, 2.24) is 15.4 Å². The van der Waals surface area contributed by atoms with E-state index in [-0.39, 0.29) is 48.3 Å². The Kier molecular flexibility index (Phi) is 8.08. The Labute approximate surface area is 148 Å². The van der Waals surface area contributed by atoms with Crippen LogP contribution in [-0.4, -0.2) is 39.5 Å². The predicted octanol–water partition coefficient (Wildman–Crippen LogP) is 1.17. The summed E-state index contributed by atoms with van der Waals surface area (Å²) < 4.78 is 39.1. The van der Waals surface area contributed by atoms with E-state index in [2.05, 4.69) is 15.4 Å². The highest BCUT2D eigenvalue weighted by Gasteiger charge is 2.22. The molecule has 3 N–H and O–H groups in total. The zero-order chi connectivity index (χ0) is 16.9. The zero-order valence-electron chi connectivity index (χ0n) is 13.4. The third-order valence-electron chi connectivity index (χ3n) is 3.88. The van der Waals surface area contributed by atoms with E-state index in [0.29, 0.717) is 0 Å². The number of rotatable bonds is 6. The molecule has 1 amide bonds. The summed E-state index contributed by atoms with van der Waals surface area (Å²) in [5.41, 5.74) is 0. The summed E-state index contributed by atoms with van der Waals surface area (Å²) in [5, 5.41) is 6.20. The lowest BCUT2D eigenvalue weighted by Crippen LogP contribution is -2.52. The number of benzene rings is 1. The Balaban J connectivity index is 0.00000288. The molecule has 1 heterocycles. The first-order valence-corrected chi connectivity index (χ1v) is 9.15. The van der Waals surface area contributed by atoms with E-state index in [9.17, 15) is 17.6 Å². The van der Waals surface area contributed by atoms with Crippen LogP contribution in [0.25, 0.3) is 0 Å². The number of sulfonamides is 1. The van der Waals surface area contributed by atoms with Crippen LogP contribution in [0.2, 0.25) is 0 Å². The van der Waals surface area contributed by atoms with E-state index < -0.39 is 15.8 Å². The Morgan fingerprint density at radius 1 is 1.33 bits per heavy atom. The van der Waals surface area contributed by atoms with Gasteiger partial charge in [0.2, 0.25) is 15.9 Å². The number of carbonyl (C=O) groups is 1. The minimum atomic E-state index is -3.73. The fraction of sp³-hybridized carbons (Fsp3) is 0.533. The van der Waals surface area contributed by atoms with Gasteiger partial charge in [-0.1, -0.05) is 0 Å². The molecule has 24 heavy (non-hydrogen) atoms. The highest BCUT2D eigenvalue weighted by Crippen LogP contribution is 2.10. The molecule has 136 valence electrons. The first-order chi connectivity index (χ1) is 10.9. The summed E-state index contributed by atoms with van der Waals surface area (Å²) in [6.07, 6.45) is 1.98. The first kappa shape index (κ1) is 20.8. The lowest BCUT2D eigenvalue weighted by atomic mass is 10.00. The Morgan fingerprint density at radius 2 is 2.00 bits per heavy atom. The van der Waals surface area contributed by atoms with Gasteiger partial charge in [-0.15, -0.1) is 12.4 Å². The van der Waals surface area contributed by atoms with E-state index >= 15 is 0 Å². The van der Waals surface area contributed by atoms with Crippen LogP contribution >= 0.6 is 12.4 Å². The number of amides is 1. The van der Waals surface area contributed by atoms with Crippen LogP contribution in [0.15, 0.2) is 29.2 Å². The van der Waals surface area contributed by atoms with Crippen LogP contribution in [0, 0.1) is 5.82 Å². The molecule has 1 aliphatic rings. The van der Waals surface area contributed by atoms with Crippen molar-refractivity contribution in [2.24, 2.45) is 0 Å². The van der Waals surface area contributed by atoms with Crippen molar-refractivity contribution in [2.75, 3.05) is 13.1 Å². The normalized spacial score (nSPS) is 20.9. The van der Waals surface area contributed by atoms with Crippen molar-refractivity contribution >= 4 is 28.3 Å². The number of hydrogen-bond donors (Lipinski definition) is 3. The average molecular weight is 380 g/mol. The maximum Gasteiger partial charge on any atom is 0.240 e. The molecule has 0 bridgehead atoms. The first-order valence-electron chi connectivity index (χ1n) is 7.66. The lowest BCUT2D eigenvalue weighted by molar-refractivity contribution is -0.122. The van der Waals surface area contributed by atoms with Gasteiger partial charge in [0.25, 0.3) is 0 Å². The highest BCUT2D eigenvalue weighted by atomic mass is 35.5. The predicted molar refractivity (Wildman–Crippen MR) is 92.1 cm³/mol. The number of nitrogens with one attached hydrogen (secondary N) is 3. The Bertz CT molecular complexity index is 640. The van der Waals surface area contributed by atoms with Crippen molar-refractivity contribution in [2.45, 2.75) is 43.2 Å². The van der Waals surface area contributed by atoms with Crippen LogP contribution in [0.5, 0.6) is 0 Å². The topological polar surface area (TPSA) is 87.3 Å². The largest absolute Gasteiger partial charge is 0.352 e. The van der Waals surface area contributed by atoms with Gasteiger partial charge in [-0.3, -0.25) is 4.79 Å². The molecular formula is C15H23ClFN3O3S. The molecule has 1 aliphatic heterocycles. The van der Waals surface area contributed by atoms with Gasteiger partial charge < -0.3 is 10.6 Å². The standard InChI is InChI=1S/C15H22FN3O3S.ClH/c1-11-14(3-2-9-17-11)19-15(20)8-10-18-23(21,22)13-6-4-12(16)5-7-13;/h4-7,11,14,17-18H,2-3,8-10H2,1H3,(H,19,20);1H. The highest BCUT2D eigenvalue weighted by molar-refractivity contribution is 7.89. The van der Waals surface area contributed by atoms with Crippen LogP contribution < -0.4 is 15.4 Å². The van der Waals surface area contributed by atoms with E-state index in [1.807, 2.05) is 6.92 Å². The molecule has 2 rings (SSSR count). The second-order valence-electron chi connectivity index (χ2n) is 5.66. The summed E-state index contributed by atoms with van der Waals surface area (Å²) in [7, 11) is -3.73. The van der Waals surface area contributed by atoms with Crippen LogP contribution in [0.4, 0.5) is 4.39 Å². The minimum Gasteiger partial charge on any atom is -0.352 e. The fourth-order valence-corrected chi connectivity index (χ4v) is 3.55. The second kappa shape index (κ2) is 9.31. The van der Waals surface area contributed by atoms with Crippen molar-refractivity contribution in [3.8, 4) is 0 Å². The summed E-state index contributed by atoms with van der Waals surface area (Å²) >= 11 is 0. The molecule has 0 saturated carbocycles. The smallest absolute Gasteiger partial charge is 0.240 e. The molecule has 0 radical (unpaired) electrons. The van der Waals surface area contributed by atoms with E-state index in [1.54, 1.807) is 0 Å². The quantitative estimate of drug-likeness (QED) is 0.692. The molecule has 2 atom stereocenters. The van der Waals surface area contributed by atoms with Crippen molar-refractivity contribution in [1.29, 1.82) is 0 Å². The maximum absolute atomic E-state index is 12.8. The van der Waals surface area contributed by atoms with E-state index in [0.717, 1.165) is 31.5 Å². The third-order valence-corrected chi connectivity index (χ3v) is 5.35. The van der Waals surface area contributed by atoms with Crippen LogP contribution in [0.1, 0.15) is 26.2 Å². The molecule has 9 heteroatoms. The number of halogens is 2. The molecule has 1 saturated heterocycles. The monoisotopic (exact) mass is 379 g/mol. The average Bonchev–Trinajstić information content (AvgIpc) is 2.50. The van der Waals surface area contributed by atoms with Crippen molar-refractivity contribution in [3.05, 3.63) is 30.1 Å². The molecule has 1 aromatic carbocycles. The fourth-order valence-electron chi connectivity index (χ4n) is 2.52. The molecule has 6 nitrogen and oxygen atoms in total. The Hall–Kier alpha value is -1.22. The van der Waals surface area contributed by atoms with Gasteiger partial charge in [0.1, 0.15) is 5.82 Å². The second-order valence-corrected chi connectivity index (χ2v) is 7.43. The van der Waals surface area contributed by atoms with Gasteiger partial charge in [-0.25, -0.2) is 17.5 Å². The summed E-state index contributed by atoms with van der Waals surface area (Å²) in [4.78, 5) is 11.9. The van der Waals surface area contributed by atoms with Gasteiger partial charge >= 0.3 is 0 Å². The van der Waals surface area contributed by atoms with Gasteiger partial charge in [-0.05, 0) is 50.6 Å². The molecule has 0 spiro atoms. The summed E-state index contributed by atoms with van der Waals surface area (Å²) in [5.74, 6) is -0.689. The molecule has 1 fully saturated rings. The minimum absolute atomic E-state index is 0. The third kappa shape index (κ3) is 6.01. The van der Waals surface area contributed by atoms with E-state index in [1.165, 1.54) is 12.1 Å². The SMILES string of the molecule is CC1NCCCC1NC(=O)CCNS(=O)(=O)c1ccc(F)cc1.Cl. The lowest BCUT2D eigenvalue weighted by Gasteiger charge is -2.30. The van der Waals surface area contributed by atoms with Gasteiger partial charge in [-0.2, -0.15) is 0 Å². The molecule has 0 aliphatic carbocycles.